The van der Waals surface area contributed by atoms with Crippen LogP contribution in [0.4, 0.5) is 19.3 Å². The topological polar surface area (TPSA) is 46.5 Å². The third-order valence-corrected chi connectivity index (χ3v) is 5.08. The van der Waals surface area contributed by atoms with Gasteiger partial charge in [0.2, 0.25) is 0 Å². The van der Waals surface area contributed by atoms with Crippen molar-refractivity contribution in [1.82, 2.24) is 9.47 Å². The second kappa shape index (κ2) is 7.59. The summed E-state index contributed by atoms with van der Waals surface area (Å²) in [7, 11) is 1.68. The number of rotatable bonds is 4. The predicted molar refractivity (Wildman–Crippen MR) is 103 cm³/mol. The molecule has 2 aromatic carbocycles. The van der Waals surface area contributed by atoms with E-state index in [0.717, 1.165) is 29.8 Å². The van der Waals surface area contributed by atoms with Crippen LogP contribution in [0, 0.1) is 11.6 Å². The largest absolute Gasteiger partial charge is 0.383 e. The molecule has 1 aliphatic rings. The number of hydrogen-bond acceptors (Lipinski definition) is 2. The monoisotopic (exact) mass is 385 g/mol. The van der Waals surface area contributed by atoms with Crippen molar-refractivity contribution in [2.75, 3.05) is 25.6 Å². The average Bonchev–Trinajstić information content (AvgIpc) is 2.92. The number of benzene rings is 2. The SMILES string of the molecule is COCCn1cc2c3c(cccc31)CN(C(=O)Nc1ccc(F)cc1F)CC2. The summed E-state index contributed by atoms with van der Waals surface area (Å²) in [6.45, 7) is 2.33. The molecule has 0 bridgehead atoms. The van der Waals surface area contributed by atoms with Gasteiger partial charge in [-0.25, -0.2) is 13.6 Å². The number of ether oxygens (including phenoxy) is 1. The first kappa shape index (κ1) is 18.4. The summed E-state index contributed by atoms with van der Waals surface area (Å²) in [5.41, 5.74) is 3.33. The lowest BCUT2D eigenvalue weighted by Crippen LogP contribution is -2.35. The minimum atomic E-state index is -0.790. The molecular weight excluding hydrogens is 364 g/mol. The van der Waals surface area contributed by atoms with Gasteiger partial charge in [-0.2, -0.15) is 0 Å². The Hall–Kier alpha value is -2.93. The molecule has 28 heavy (non-hydrogen) atoms. The summed E-state index contributed by atoms with van der Waals surface area (Å²) in [5, 5.41) is 3.72. The van der Waals surface area contributed by atoms with Gasteiger partial charge in [0.25, 0.3) is 0 Å². The highest BCUT2D eigenvalue weighted by Gasteiger charge is 2.23. The predicted octanol–water partition coefficient (Wildman–Crippen LogP) is 4.16. The molecule has 0 saturated heterocycles. The Bertz CT molecular complexity index is 1030. The number of hydrogen-bond donors (Lipinski definition) is 1. The molecule has 0 unspecified atom stereocenters. The number of amides is 2. The van der Waals surface area contributed by atoms with E-state index in [0.29, 0.717) is 26.1 Å². The summed E-state index contributed by atoms with van der Waals surface area (Å²) >= 11 is 0. The molecule has 5 nitrogen and oxygen atoms in total. The van der Waals surface area contributed by atoms with Gasteiger partial charge in [0, 0.05) is 49.9 Å². The lowest BCUT2D eigenvalue weighted by molar-refractivity contribution is 0.188. The maximum atomic E-state index is 13.9. The maximum absolute atomic E-state index is 13.9. The van der Waals surface area contributed by atoms with Crippen molar-refractivity contribution < 1.29 is 18.3 Å². The van der Waals surface area contributed by atoms with Crippen LogP contribution >= 0.6 is 0 Å². The van der Waals surface area contributed by atoms with Crippen LogP contribution in [0.1, 0.15) is 11.1 Å². The molecule has 7 heteroatoms. The van der Waals surface area contributed by atoms with E-state index in [4.69, 9.17) is 4.74 Å². The first-order valence-corrected chi connectivity index (χ1v) is 9.16. The normalized spacial score (nSPS) is 13.6. The fraction of sp³-hybridized carbons (Fsp3) is 0.286. The van der Waals surface area contributed by atoms with E-state index in [2.05, 4.69) is 22.1 Å². The number of aromatic nitrogens is 1. The Morgan fingerprint density at radius 1 is 1.21 bits per heavy atom. The van der Waals surface area contributed by atoms with Crippen LogP contribution in [0.5, 0.6) is 0 Å². The lowest BCUT2D eigenvalue weighted by atomic mass is 10.1. The highest BCUT2D eigenvalue weighted by atomic mass is 19.1. The minimum absolute atomic E-state index is 0.0294. The summed E-state index contributed by atoms with van der Waals surface area (Å²) in [6.07, 6.45) is 2.82. The molecule has 0 spiro atoms. The van der Waals surface area contributed by atoms with Gasteiger partial charge in [-0.15, -0.1) is 0 Å². The summed E-state index contributed by atoms with van der Waals surface area (Å²) in [4.78, 5) is 14.3. The van der Waals surface area contributed by atoms with E-state index in [1.54, 1.807) is 12.0 Å². The molecule has 0 fully saturated rings. The van der Waals surface area contributed by atoms with E-state index in [-0.39, 0.29) is 5.69 Å². The molecule has 1 aromatic heterocycles. The zero-order valence-electron chi connectivity index (χ0n) is 15.5. The molecule has 3 aromatic rings. The van der Waals surface area contributed by atoms with Crippen molar-refractivity contribution in [3.05, 3.63) is 65.4 Å². The molecule has 0 atom stereocenters. The average molecular weight is 385 g/mol. The third kappa shape index (κ3) is 3.45. The Kier molecular flexibility index (Phi) is 5.00. The van der Waals surface area contributed by atoms with Crippen LogP contribution in [-0.4, -0.2) is 35.8 Å². The van der Waals surface area contributed by atoms with Crippen molar-refractivity contribution in [3.63, 3.8) is 0 Å². The summed E-state index contributed by atoms with van der Waals surface area (Å²) in [6, 6.07) is 8.77. The number of halogens is 2. The van der Waals surface area contributed by atoms with E-state index < -0.39 is 17.7 Å². The van der Waals surface area contributed by atoms with Crippen molar-refractivity contribution in [1.29, 1.82) is 0 Å². The van der Waals surface area contributed by atoms with Crippen molar-refractivity contribution >= 4 is 22.6 Å². The summed E-state index contributed by atoms with van der Waals surface area (Å²) < 4.78 is 34.3. The summed E-state index contributed by atoms with van der Waals surface area (Å²) in [5.74, 6) is -1.47. The highest BCUT2D eigenvalue weighted by Crippen LogP contribution is 2.30. The molecule has 0 aliphatic carbocycles. The quantitative estimate of drug-likeness (QED) is 0.733. The first-order valence-electron chi connectivity index (χ1n) is 9.16. The molecule has 2 amide bonds. The van der Waals surface area contributed by atoms with Crippen LogP contribution in [0.25, 0.3) is 10.9 Å². The third-order valence-electron chi connectivity index (χ3n) is 5.08. The van der Waals surface area contributed by atoms with E-state index in [1.807, 2.05) is 12.1 Å². The number of carbonyl (C=O) groups excluding carboxylic acids is 1. The van der Waals surface area contributed by atoms with Crippen molar-refractivity contribution in [3.8, 4) is 0 Å². The molecule has 0 saturated carbocycles. The molecule has 2 heterocycles. The van der Waals surface area contributed by atoms with Gasteiger partial charge >= 0.3 is 6.03 Å². The standard InChI is InChI=1S/C21H21F2N3O2/c1-28-10-9-25-12-15-7-8-26(13-14-3-2-4-19(25)20(14)15)21(27)24-18-6-5-16(22)11-17(18)23/h2-6,11-12H,7-10,13H2,1H3,(H,24,27). The van der Waals surface area contributed by atoms with Gasteiger partial charge in [0.05, 0.1) is 12.3 Å². The van der Waals surface area contributed by atoms with E-state index in [1.165, 1.54) is 17.0 Å². The number of nitrogens with zero attached hydrogens (tertiary/aromatic N) is 2. The second-order valence-corrected chi connectivity index (χ2v) is 6.88. The zero-order valence-corrected chi connectivity index (χ0v) is 15.5. The Morgan fingerprint density at radius 3 is 2.86 bits per heavy atom. The van der Waals surface area contributed by atoms with Gasteiger partial charge in [0.1, 0.15) is 11.6 Å². The smallest absolute Gasteiger partial charge is 0.322 e. The molecule has 1 N–H and O–H groups in total. The number of carbonyl (C=O) groups is 1. The van der Waals surface area contributed by atoms with Crippen LogP contribution in [-0.2, 0) is 24.2 Å². The van der Waals surface area contributed by atoms with E-state index in [9.17, 15) is 13.6 Å². The van der Waals surface area contributed by atoms with Gasteiger partial charge < -0.3 is 19.5 Å². The maximum Gasteiger partial charge on any atom is 0.322 e. The minimum Gasteiger partial charge on any atom is -0.383 e. The Labute approximate surface area is 161 Å². The van der Waals surface area contributed by atoms with Crippen LogP contribution in [0.15, 0.2) is 42.6 Å². The number of anilines is 1. The Balaban J connectivity index is 1.58. The van der Waals surface area contributed by atoms with Crippen LogP contribution in [0.2, 0.25) is 0 Å². The number of methoxy groups -OCH3 is 1. The van der Waals surface area contributed by atoms with Gasteiger partial charge in [-0.3, -0.25) is 0 Å². The van der Waals surface area contributed by atoms with Gasteiger partial charge in [-0.1, -0.05) is 12.1 Å². The molecule has 1 aliphatic heterocycles. The van der Waals surface area contributed by atoms with Crippen molar-refractivity contribution in [2.45, 2.75) is 19.5 Å². The highest BCUT2D eigenvalue weighted by molar-refractivity contribution is 5.92. The van der Waals surface area contributed by atoms with Gasteiger partial charge in [-0.05, 0) is 35.7 Å². The fourth-order valence-corrected chi connectivity index (χ4v) is 3.71. The number of urea groups is 1. The zero-order chi connectivity index (χ0) is 19.7. The molecular formula is C21H21F2N3O2. The lowest BCUT2D eigenvalue weighted by Gasteiger charge is -2.22. The molecule has 146 valence electrons. The fourth-order valence-electron chi connectivity index (χ4n) is 3.71. The molecule has 0 radical (unpaired) electrons. The first-order chi connectivity index (χ1) is 13.6. The van der Waals surface area contributed by atoms with Crippen LogP contribution in [0.3, 0.4) is 0 Å². The van der Waals surface area contributed by atoms with Crippen molar-refractivity contribution in [2.24, 2.45) is 0 Å². The number of nitrogens with one attached hydrogen (secondary N) is 1. The second-order valence-electron chi connectivity index (χ2n) is 6.88. The molecule has 4 rings (SSSR count). The van der Waals surface area contributed by atoms with E-state index >= 15 is 0 Å². The van der Waals surface area contributed by atoms with Crippen LogP contribution < -0.4 is 5.32 Å². The van der Waals surface area contributed by atoms with Gasteiger partial charge in [0.15, 0.2) is 0 Å². The Morgan fingerprint density at radius 2 is 2.07 bits per heavy atom.